The molecule has 152 valence electrons. The van der Waals surface area contributed by atoms with Crippen LogP contribution in [0.4, 0.5) is 4.79 Å². The van der Waals surface area contributed by atoms with Gasteiger partial charge in [0, 0.05) is 6.42 Å². The number of nitrogens with one attached hydrogen (secondary N) is 1. The quantitative estimate of drug-likeness (QED) is 0.380. The fourth-order valence-corrected chi connectivity index (χ4v) is 2.73. The molecular formula is C20H27N3O5. The number of rotatable bonds is 9. The van der Waals surface area contributed by atoms with Gasteiger partial charge in [0.15, 0.2) is 0 Å². The Morgan fingerprint density at radius 1 is 1.36 bits per heavy atom. The Kier molecular flexibility index (Phi) is 7.54. The van der Waals surface area contributed by atoms with E-state index in [4.69, 9.17) is 14.7 Å². The number of hydrazone groups is 1. The lowest BCUT2D eigenvalue weighted by atomic mass is 10.0. The molecule has 0 saturated carbocycles. The lowest BCUT2D eigenvalue weighted by Gasteiger charge is -2.24. The van der Waals surface area contributed by atoms with Crippen molar-refractivity contribution in [1.82, 2.24) is 5.43 Å². The van der Waals surface area contributed by atoms with Crippen LogP contribution < -0.4 is 5.43 Å². The molecule has 0 fully saturated rings. The Morgan fingerprint density at radius 3 is 2.68 bits per heavy atom. The SMILES string of the molecule is CCCCCC(C)(C)OC(=O)N/N=C/c1ccc(C2=NOC(C(=O)O)C2)cc1. The third kappa shape index (κ3) is 6.68. The molecule has 28 heavy (non-hydrogen) atoms. The highest BCUT2D eigenvalue weighted by atomic mass is 16.7. The van der Waals surface area contributed by atoms with Gasteiger partial charge < -0.3 is 14.7 Å². The summed E-state index contributed by atoms with van der Waals surface area (Å²) in [5.74, 6) is -1.03. The van der Waals surface area contributed by atoms with Crippen LogP contribution in [0.3, 0.4) is 0 Å². The van der Waals surface area contributed by atoms with Gasteiger partial charge in [-0.3, -0.25) is 0 Å². The van der Waals surface area contributed by atoms with Crippen LogP contribution in [0.25, 0.3) is 0 Å². The maximum Gasteiger partial charge on any atom is 0.428 e. The Bertz CT molecular complexity index is 741. The molecule has 1 aromatic rings. The van der Waals surface area contributed by atoms with Gasteiger partial charge in [-0.1, -0.05) is 49.2 Å². The first kappa shape index (κ1) is 21.4. The van der Waals surface area contributed by atoms with E-state index in [1.54, 1.807) is 24.3 Å². The average Bonchev–Trinajstić information content (AvgIpc) is 3.12. The van der Waals surface area contributed by atoms with Gasteiger partial charge in [0.05, 0.1) is 11.9 Å². The second-order valence-corrected chi connectivity index (χ2v) is 7.27. The van der Waals surface area contributed by atoms with Crippen molar-refractivity contribution in [3.05, 3.63) is 35.4 Å². The summed E-state index contributed by atoms with van der Waals surface area (Å²) in [6, 6.07) is 7.17. The van der Waals surface area contributed by atoms with Crippen LogP contribution in [0, 0.1) is 0 Å². The van der Waals surface area contributed by atoms with Crippen molar-refractivity contribution in [3.63, 3.8) is 0 Å². The lowest BCUT2D eigenvalue weighted by Crippen LogP contribution is -2.32. The molecule has 2 rings (SSSR count). The molecule has 8 heteroatoms. The summed E-state index contributed by atoms with van der Waals surface area (Å²) in [6.07, 6.45) is 4.24. The number of hydrogen-bond acceptors (Lipinski definition) is 6. The molecule has 1 aromatic carbocycles. The number of benzene rings is 1. The molecule has 0 spiro atoms. The van der Waals surface area contributed by atoms with E-state index in [0.717, 1.165) is 36.8 Å². The van der Waals surface area contributed by atoms with Gasteiger partial charge in [0.1, 0.15) is 5.60 Å². The first-order valence-corrected chi connectivity index (χ1v) is 9.38. The number of aliphatic carboxylic acids is 1. The highest BCUT2D eigenvalue weighted by Crippen LogP contribution is 2.19. The second-order valence-electron chi connectivity index (χ2n) is 7.27. The Morgan fingerprint density at radius 2 is 2.07 bits per heavy atom. The lowest BCUT2D eigenvalue weighted by molar-refractivity contribution is -0.148. The zero-order chi connectivity index (χ0) is 20.6. The summed E-state index contributed by atoms with van der Waals surface area (Å²) in [7, 11) is 0. The van der Waals surface area contributed by atoms with E-state index < -0.39 is 23.8 Å². The van der Waals surface area contributed by atoms with E-state index in [1.807, 2.05) is 13.8 Å². The summed E-state index contributed by atoms with van der Waals surface area (Å²) < 4.78 is 5.40. The largest absolute Gasteiger partial charge is 0.478 e. The Hall–Kier alpha value is -2.90. The number of oxime groups is 1. The molecule has 1 heterocycles. The van der Waals surface area contributed by atoms with Gasteiger partial charge in [-0.2, -0.15) is 5.10 Å². The number of carboxylic acid groups (broad SMARTS) is 1. The molecular weight excluding hydrogens is 362 g/mol. The van der Waals surface area contributed by atoms with E-state index in [9.17, 15) is 9.59 Å². The number of hydrogen-bond donors (Lipinski definition) is 2. The van der Waals surface area contributed by atoms with Crippen LogP contribution in [0.2, 0.25) is 0 Å². The molecule has 0 radical (unpaired) electrons. The molecule has 1 amide bonds. The van der Waals surface area contributed by atoms with Crippen LogP contribution in [-0.4, -0.2) is 40.8 Å². The van der Waals surface area contributed by atoms with E-state index >= 15 is 0 Å². The summed E-state index contributed by atoms with van der Waals surface area (Å²) in [6.45, 7) is 5.90. The standard InChI is InChI=1S/C20H27N3O5/c1-4-5-6-11-20(2,3)27-19(26)22-21-13-14-7-9-15(10-8-14)16-12-17(18(24)25)28-23-16/h7-10,13,17H,4-6,11-12H2,1-3H3,(H,22,26)(H,24,25)/b21-13+. The van der Waals surface area contributed by atoms with Gasteiger partial charge in [0.25, 0.3) is 0 Å². The van der Waals surface area contributed by atoms with Crippen molar-refractivity contribution >= 4 is 24.0 Å². The molecule has 0 aliphatic carbocycles. The van der Waals surface area contributed by atoms with Gasteiger partial charge in [0.2, 0.25) is 6.10 Å². The summed E-state index contributed by atoms with van der Waals surface area (Å²) in [5.41, 5.74) is 3.96. The fraction of sp³-hybridized carbons (Fsp3) is 0.500. The third-order valence-corrected chi connectivity index (χ3v) is 4.31. The molecule has 0 bridgehead atoms. The van der Waals surface area contributed by atoms with E-state index in [-0.39, 0.29) is 6.42 Å². The second kappa shape index (κ2) is 9.87. The topological polar surface area (TPSA) is 110 Å². The van der Waals surface area contributed by atoms with Crippen LogP contribution in [0.15, 0.2) is 34.5 Å². The van der Waals surface area contributed by atoms with Gasteiger partial charge >= 0.3 is 12.1 Å². The summed E-state index contributed by atoms with van der Waals surface area (Å²) in [4.78, 5) is 27.6. The third-order valence-electron chi connectivity index (χ3n) is 4.31. The van der Waals surface area contributed by atoms with Gasteiger partial charge in [-0.25, -0.2) is 15.0 Å². The monoisotopic (exact) mass is 389 g/mol. The van der Waals surface area contributed by atoms with Crippen LogP contribution in [0.5, 0.6) is 0 Å². The molecule has 0 saturated heterocycles. The first-order chi connectivity index (χ1) is 13.3. The number of carbonyl (C=O) groups is 2. The Labute approximate surface area is 164 Å². The van der Waals surface area contributed by atoms with E-state index in [2.05, 4.69) is 22.6 Å². The van der Waals surface area contributed by atoms with Crippen LogP contribution in [-0.2, 0) is 14.4 Å². The minimum absolute atomic E-state index is 0.226. The number of ether oxygens (including phenoxy) is 1. The molecule has 1 aliphatic rings. The maximum atomic E-state index is 11.9. The number of unbranched alkanes of at least 4 members (excludes halogenated alkanes) is 2. The van der Waals surface area contributed by atoms with Crippen LogP contribution >= 0.6 is 0 Å². The highest BCUT2D eigenvalue weighted by Gasteiger charge is 2.28. The van der Waals surface area contributed by atoms with E-state index in [1.165, 1.54) is 6.21 Å². The molecule has 0 aromatic heterocycles. The number of carbonyl (C=O) groups excluding carboxylic acids is 1. The molecule has 1 unspecified atom stereocenters. The minimum atomic E-state index is -1.03. The van der Waals surface area contributed by atoms with Gasteiger partial charge in [-0.15, -0.1) is 0 Å². The molecule has 2 N–H and O–H groups in total. The zero-order valence-corrected chi connectivity index (χ0v) is 16.5. The summed E-state index contributed by atoms with van der Waals surface area (Å²) >= 11 is 0. The molecule has 1 atom stereocenters. The Balaban J connectivity index is 1.81. The zero-order valence-electron chi connectivity index (χ0n) is 16.5. The van der Waals surface area contributed by atoms with Crippen molar-refractivity contribution < 1.29 is 24.3 Å². The predicted molar refractivity (Wildman–Crippen MR) is 106 cm³/mol. The first-order valence-electron chi connectivity index (χ1n) is 9.38. The predicted octanol–water partition coefficient (Wildman–Crippen LogP) is 3.68. The van der Waals surface area contributed by atoms with Crippen molar-refractivity contribution in [2.24, 2.45) is 10.3 Å². The highest BCUT2D eigenvalue weighted by molar-refractivity contribution is 6.03. The van der Waals surface area contributed by atoms with Crippen LogP contribution in [0.1, 0.15) is 64.0 Å². The number of amides is 1. The number of nitrogens with zero attached hydrogens (tertiary/aromatic N) is 2. The van der Waals surface area contributed by atoms with Crippen molar-refractivity contribution in [2.45, 2.75) is 64.6 Å². The minimum Gasteiger partial charge on any atom is -0.478 e. The number of carboxylic acids is 1. The van der Waals surface area contributed by atoms with Crippen molar-refractivity contribution in [2.75, 3.05) is 0 Å². The smallest absolute Gasteiger partial charge is 0.428 e. The van der Waals surface area contributed by atoms with Gasteiger partial charge in [-0.05, 0) is 37.8 Å². The molecule has 8 nitrogen and oxygen atoms in total. The average molecular weight is 389 g/mol. The van der Waals surface area contributed by atoms with Crippen molar-refractivity contribution in [1.29, 1.82) is 0 Å². The van der Waals surface area contributed by atoms with Crippen molar-refractivity contribution in [3.8, 4) is 0 Å². The fourth-order valence-electron chi connectivity index (χ4n) is 2.73. The summed E-state index contributed by atoms with van der Waals surface area (Å²) in [5, 5.41) is 16.6. The normalized spacial score (nSPS) is 16.5. The molecule has 1 aliphatic heterocycles. The maximum absolute atomic E-state index is 11.9. The van der Waals surface area contributed by atoms with E-state index in [0.29, 0.717) is 5.71 Å².